The van der Waals surface area contributed by atoms with Crippen LogP contribution in [-0.2, 0) is 32.5 Å². The molecule has 0 fully saturated rings. The minimum absolute atomic E-state index is 0.00797. The highest BCUT2D eigenvalue weighted by Crippen LogP contribution is 2.56. The molecular weight excluding hydrogens is 870 g/mol. The Hall–Kier alpha value is -6.00. The first-order valence-electron chi connectivity index (χ1n) is 27.2. The molecule has 7 aromatic carbocycles. The predicted octanol–water partition coefficient (Wildman–Crippen LogP) is 16.8. The van der Waals surface area contributed by atoms with Gasteiger partial charge >= 0.3 is 0 Å². The monoisotopic (exact) mass is 946 g/mol. The Bertz CT molecular complexity index is 3350. The Morgan fingerprint density at radius 1 is 0.389 bits per heavy atom. The van der Waals surface area contributed by atoms with Crippen molar-refractivity contribution >= 4 is 74.3 Å². The van der Waals surface area contributed by atoms with Crippen molar-refractivity contribution in [3.05, 3.63) is 177 Å². The number of hydrogen-bond donors (Lipinski definition) is 0. The van der Waals surface area contributed by atoms with E-state index in [0.717, 1.165) is 23.5 Å². The van der Waals surface area contributed by atoms with Gasteiger partial charge in [-0.3, -0.25) is 0 Å². The number of benzene rings is 7. The third-order valence-corrected chi connectivity index (χ3v) is 18.8. The Labute approximate surface area is 432 Å². The van der Waals surface area contributed by atoms with E-state index in [1.165, 1.54) is 126 Å². The maximum absolute atomic E-state index is 2.74. The van der Waals surface area contributed by atoms with Gasteiger partial charge in [0.2, 0.25) is 0 Å². The summed E-state index contributed by atoms with van der Waals surface area (Å²) in [5.41, 5.74) is 28.8. The van der Waals surface area contributed by atoms with E-state index < -0.39 is 0 Å². The number of para-hydroxylation sites is 2. The summed E-state index contributed by atoms with van der Waals surface area (Å²) in [6, 6.07) is 49.9. The van der Waals surface area contributed by atoms with Crippen molar-refractivity contribution in [1.82, 2.24) is 0 Å². The predicted molar refractivity (Wildman–Crippen MR) is 311 cm³/mol. The first-order chi connectivity index (χ1) is 33.9. The molecule has 12 rings (SSSR count). The molecule has 0 spiro atoms. The Morgan fingerprint density at radius 2 is 0.875 bits per heavy atom. The molecular formula is C68H76BN3. The molecule has 0 N–H and O–H groups in total. The van der Waals surface area contributed by atoms with Crippen molar-refractivity contribution in [1.29, 1.82) is 0 Å². The molecule has 72 heavy (non-hydrogen) atoms. The van der Waals surface area contributed by atoms with Crippen LogP contribution in [0.1, 0.15) is 165 Å². The second kappa shape index (κ2) is 15.5. The summed E-state index contributed by atoms with van der Waals surface area (Å²) in [5, 5.41) is 0. The molecule has 0 unspecified atom stereocenters. The number of anilines is 9. The van der Waals surface area contributed by atoms with Gasteiger partial charge in [0.05, 0.1) is 0 Å². The zero-order chi connectivity index (χ0) is 50.8. The van der Waals surface area contributed by atoms with Crippen LogP contribution in [0.4, 0.5) is 51.2 Å². The lowest BCUT2D eigenvalue weighted by molar-refractivity contribution is 0.331. The average Bonchev–Trinajstić information content (AvgIpc) is 3.52. The van der Waals surface area contributed by atoms with E-state index in [0.29, 0.717) is 0 Å². The first-order valence-corrected chi connectivity index (χ1v) is 27.2. The molecule has 0 bridgehead atoms. The zero-order valence-corrected chi connectivity index (χ0v) is 46.1. The van der Waals surface area contributed by atoms with Gasteiger partial charge < -0.3 is 14.7 Å². The molecule has 2 aliphatic heterocycles. The molecule has 0 saturated heterocycles. The maximum atomic E-state index is 2.74. The lowest BCUT2D eigenvalue weighted by atomic mass is 9.33. The molecule has 0 radical (unpaired) electrons. The molecule has 7 aromatic rings. The second-order valence-corrected chi connectivity index (χ2v) is 26.8. The van der Waals surface area contributed by atoms with Gasteiger partial charge in [-0.25, -0.2) is 0 Å². The zero-order valence-electron chi connectivity index (χ0n) is 46.1. The molecule has 3 aliphatic carbocycles. The van der Waals surface area contributed by atoms with Crippen molar-refractivity contribution in [3.63, 3.8) is 0 Å². The standard InChI is InChI=1S/C68H76BN3/c1-42-34-59-62-60(35-42)72(56-39-51-49(36-43(56)2)63(4,5)30-32-65(51,8)9)58-40-52-50(64(6,7)31-33-66(52,10)11)38-54(58)69(62)53-28-26-47(70(45-22-18-16-19-23-45)46-24-20-17-21-25-46)37-57(53)71(59)55-29-27-48-61(44(55)3)68(14,15)41-67(48,12)13/h16-29,34-40H,30-33,41H2,1-15H3. The van der Waals surface area contributed by atoms with Crippen molar-refractivity contribution in [2.24, 2.45) is 0 Å². The van der Waals surface area contributed by atoms with E-state index in [4.69, 9.17) is 0 Å². The van der Waals surface area contributed by atoms with Crippen LogP contribution in [0.3, 0.4) is 0 Å². The van der Waals surface area contributed by atoms with Gasteiger partial charge in [0.1, 0.15) is 0 Å². The molecule has 0 amide bonds. The smallest absolute Gasteiger partial charge is 0.252 e. The van der Waals surface area contributed by atoms with Gasteiger partial charge in [0.25, 0.3) is 6.71 Å². The normalized spacial score (nSPS) is 19.6. The van der Waals surface area contributed by atoms with Crippen LogP contribution in [0.25, 0.3) is 0 Å². The Morgan fingerprint density at radius 3 is 1.43 bits per heavy atom. The van der Waals surface area contributed by atoms with Gasteiger partial charge in [0, 0.05) is 51.2 Å². The van der Waals surface area contributed by atoms with Crippen LogP contribution in [0.2, 0.25) is 0 Å². The number of nitrogens with zero attached hydrogens (tertiary/aromatic N) is 3. The molecule has 0 saturated carbocycles. The Kier molecular flexibility index (Phi) is 10.1. The summed E-state index contributed by atoms with van der Waals surface area (Å²) in [7, 11) is 0. The van der Waals surface area contributed by atoms with Crippen LogP contribution in [-0.4, -0.2) is 6.71 Å². The van der Waals surface area contributed by atoms with Crippen LogP contribution < -0.4 is 31.1 Å². The van der Waals surface area contributed by atoms with Gasteiger partial charge in [-0.05, 0) is 219 Å². The number of rotatable bonds is 5. The summed E-state index contributed by atoms with van der Waals surface area (Å²) < 4.78 is 0. The first kappa shape index (κ1) is 47.0. The minimum Gasteiger partial charge on any atom is -0.311 e. The molecule has 0 atom stereocenters. The lowest BCUT2D eigenvalue weighted by Crippen LogP contribution is -2.62. The summed E-state index contributed by atoms with van der Waals surface area (Å²) in [6.45, 7) is 36.9. The highest BCUT2D eigenvalue weighted by atomic mass is 15.2. The van der Waals surface area contributed by atoms with E-state index in [1.54, 1.807) is 0 Å². The third kappa shape index (κ3) is 6.89. The van der Waals surface area contributed by atoms with Crippen molar-refractivity contribution in [3.8, 4) is 0 Å². The van der Waals surface area contributed by atoms with E-state index in [-0.39, 0.29) is 39.2 Å². The quantitative estimate of drug-likeness (QED) is 0.159. The fourth-order valence-corrected chi connectivity index (χ4v) is 15.1. The van der Waals surface area contributed by atoms with Crippen molar-refractivity contribution in [2.75, 3.05) is 14.7 Å². The third-order valence-electron chi connectivity index (χ3n) is 18.8. The van der Waals surface area contributed by atoms with E-state index in [2.05, 4.69) is 246 Å². The fourth-order valence-electron chi connectivity index (χ4n) is 15.1. The molecule has 366 valence electrons. The van der Waals surface area contributed by atoms with Crippen LogP contribution >= 0.6 is 0 Å². The summed E-state index contributed by atoms with van der Waals surface area (Å²) in [5.74, 6) is 0. The topological polar surface area (TPSA) is 9.72 Å². The van der Waals surface area contributed by atoms with E-state index >= 15 is 0 Å². The average molecular weight is 946 g/mol. The fraction of sp³-hybridized carbons (Fsp3) is 0.382. The van der Waals surface area contributed by atoms with E-state index in [1.807, 2.05) is 0 Å². The molecule has 2 heterocycles. The minimum atomic E-state index is 0.00797. The largest absolute Gasteiger partial charge is 0.311 e. The van der Waals surface area contributed by atoms with Crippen LogP contribution in [0.5, 0.6) is 0 Å². The molecule has 4 heteroatoms. The summed E-state index contributed by atoms with van der Waals surface area (Å²) in [6.07, 6.45) is 5.85. The van der Waals surface area contributed by atoms with Gasteiger partial charge in [-0.1, -0.05) is 144 Å². The van der Waals surface area contributed by atoms with E-state index in [9.17, 15) is 0 Å². The van der Waals surface area contributed by atoms with Crippen LogP contribution in [0, 0.1) is 20.8 Å². The maximum Gasteiger partial charge on any atom is 0.252 e. The Balaban J connectivity index is 1.20. The van der Waals surface area contributed by atoms with Crippen molar-refractivity contribution in [2.45, 2.75) is 168 Å². The molecule has 0 aromatic heterocycles. The summed E-state index contributed by atoms with van der Waals surface area (Å²) >= 11 is 0. The van der Waals surface area contributed by atoms with Gasteiger partial charge in [0.15, 0.2) is 0 Å². The van der Waals surface area contributed by atoms with Crippen molar-refractivity contribution < 1.29 is 0 Å². The molecule has 5 aliphatic rings. The lowest BCUT2D eigenvalue weighted by Gasteiger charge is -2.48. The van der Waals surface area contributed by atoms with Crippen LogP contribution in [0.15, 0.2) is 127 Å². The second-order valence-electron chi connectivity index (χ2n) is 26.8. The number of aryl methyl sites for hydroxylation is 2. The number of hydrogen-bond acceptors (Lipinski definition) is 3. The molecule has 3 nitrogen and oxygen atoms in total. The summed E-state index contributed by atoms with van der Waals surface area (Å²) in [4.78, 5) is 7.89. The van der Waals surface area contributed by atoms with Gasteiger partial charge in [-0.2, -0.15) is 0 Å². The SMILES string of the molecule is Cc1cc2c3c(c1)N(c1ccc4c(c1C)C(C)(C)CC4(C)C)c1cc(N(c4ccccc4)c4ccccc4)ccc1B3c1cc3c(cc1N2c1cc2c(cc1C)C(C)(C)CCC2(C)C)C(C)(C)CCC3(C)C. The highest BCUT2D eigenvalue weighted by molar-refractivity contribution is 7.00. The highest BCUT2D eigenvalue weighted by Gasteiger charge is 2.49. The number of fused-ring (bicyclic) bond motifs is 7. The van der Waals surface area contributed by atoms with Gasteiger partial charge in [-0.15, -0.1) is 0 Å².